The number of ether oxygens (including phenoxy) is 1. The summed E-state index contributed by atoms with van der Waals surface area (Å²) < 4.78 is 9.28. The normalized spacial score (nSPS) is 17.7. The van der Waals surface area contributed by atoms with E-state index in [0.29, 0.717) is 0 Å². The number of hydrogen-bond acceptors (Lipinski definition) is 1. The van der Waals surface area contributed by atoms with Crippen molar-refractivity contribution >= 4 is 35.4 Å². The van der Waals surface area contributed by atoms with Gasteiger partial charge in [0.15, 0.2) is 0 Å². The molecule has 176 valence electrons. The van der Waals surface area contributed by atoms with Crippen molar-refractivity contribution in [2.75, 3.05) is 0 Å². The molecular formula is C30H18Cl4OZr. The second kappa shape index (κ2) is 10.2. The molecule has 1 nitrogen and oxygen atoms in total. The van der Waals surface area contributed by atoms with Gasteiger partial charge >= 0.3 is 222 Å². The Labute approximate surface area is 244 Å². The molecule has 2 atom stereocenters. The van der Waals surface area contributed by atoms with E-state index in [9.17, 15) is 0 Å². The van der Waals surface area contributed by atoms with E-state index in [1.165, 1.54) is 34.4 Å². The molecule has 4 aromatic rings. The maximum absolute atomic E-state index is 6.82. The van der Waals surface area contributed by atoms with E-state index >= 15 is 0 Å². The smallest absolute Gasteiger partial charge is 1.00 e. The van der Waals surface area contributed by atoms with Crippen LogP contribution in [0.25, 0.3) is 12.2 Å². The van der Waals surface area contributed by atoms with Crippen LogP contribution in [0.1, 0.15) is 45.2 Å². The van der Waals surface area contributed by atoms with Gasteiger partial charge in [0.05, 0.1) is 0 Å². The molecule has 0 amide bonds. The predicted octanol–water partition coefficient (Wildman–Crippen LogP) is 2.86. The molecule has 0 spiro atoms. The summed E-state index contributed by atoms with van der Waals surface area (Å²) >= 11 is 12.4. The number of benzene rings is 4. The minimum absolute atomic E-state index is 0. The molecule has 2 unspecified atom stereocenters. The summed E-state index contributed by atoms with van der Waals surface area (Å²) in [7, 11) is 0. The first-order valence-corrected chi connectivity index (χ1v) is 14.5. The van der Waals surface area contributed by atoms with Crippen molar-refractivity contribution < 1.29 is 52.8 Å². The number of rotatable bonds is 3. The minimum atomic E-state index is -1.20. The van der Waals surface area contributed by atoms with E-state index in [2.05, 4.69) is 78.9 Å². The van der Waals surface area contributed by atoms with Gasteiger partial charge in [-0.25, -0.2) is 0 Å². The standard InChI is InChI=1S/C15H8ClO.C15H10Cl.2ClH.Zr/c16-13-7-8-14-12-6-5-11(15(12)13)9-1-3-10(17-14)4-2-9;16-14-8-4-7-12-9-10-13(15(12)14)11-5-2-1-3-6-11;;;/h1-4,6-8,11H;1-9,13H;2*1H;/q;;;;+2/p-2. The summed E-state index contributed by atoms with van der Waals surface area (Å²) in [5.74, 6) is 2.14. The molecule has 2 heterocycles. The third kappa shape index (κ3) is 4.12. The molecule has 6 bridgehead atoms. The first-order valence-electron chi connectivity index (χ1n) is 11.3. The zero-order chi connectivity index (χ0) is 22.8. The Bertz CT molecular complexity index is 1530. The summed E-state index contributed by atoms with van der Waals surface area (Å²) in [4.78, 5) is 0. The quantitative estimate of drug-likeness (QED) is 0.340. The van der Waals surface area contributed by atoms with Gasteiger partial charge in [0.25, 0.3) is 0 Å². The van der Waals surface area contributed by atoms with Crippen LogP contribution in [-0.4, -0.2) is 0 Å². The Morgan fingerprint density at radius 3 is 2.06 bits per heavy atom. The SMILES string of the molecule is Clc1cccc2c1C(c1ccccc1)[C]([Zr+2][C]1=Cc3c4ccc(Cl)c3C1c1ccc(cc1)O4)=C2.[Cl-].[Cl-]. The number of fused-ring (bicyclic) bond motifs is 3. The van der Waals surface area contributed by atoms with Gasteiger partial charge in [-0.15, -0.1) is 0 Å². The summed E-state index contributed by atoms with van der Waals surface area (Å²) in [6, 6.07) is 29.5. The molecule has 36 heavy (non-hydrogen) atoms. The molecule has 6 heteroatoms. The molecule has 0 radical (unpaired) electrons. The van der Waals surface area contributed by atoms with E-state index < -0.39 is 23.2 Å². The molecule has 2 aliphatic carbocycles. The minimum Gasteiger partial charge on any atom is -1.00 e. The van der Waals surface area contributed by atoms with Gasteiger partial charge in [0, 0.05) is 0 Å². The zero-order valence-electron chi connectivity index (χ0n) is 18.8. The van der Waals surface area contributed by atoms with Gasteiger partial charge in [0.1, 0.15) is 0 Å². The number of allylic oxidation sites excluding steroid dienone is 2. The topological polar surface area (TPSA) is 9.23 Å². The molecule has 0 N–H and O–H groups in total. The van der Waals surface area contributed by atoms with Crippen molar-refractivity contribution in [3.05, 3.63) is 135 Å². The fourth-order valence-electron chi connectivity index (χ4n) is 5.48. The van der Waals surface area contributed by atoms with Crippen LogP contribution in [0.4, 0.5) is 0 Å². The summed E-state index contributed by atoms with van der Waals surface area (Å²) in [5, 5.41) is 1.66. The van der Waals surface area contributed by atoms with Crippen molar-refractivity contribution in [2.24, 2.45) is 0 Å². The zero-order valence-corrected chi connectivity index (χ0v) is 24.3. The second-order valence-corrected chi connectivity index (χ2v) is 13.2. The van der Waals surface area contributed by atoms with Gasteiger partial charge in [-0.1, -0.05) is 0 Å². The molecule has 0 aromatic heterocycles. The van der Waals surface area contributed by atoms with Crippen molar-refractivity contribution in [3.63, 3.8) is 0 Å². The maximum atomic E-state index is 6.82. The average Bonchev–Trinajstić information content (AvgIpc) is 3.43. The van der Waals surface area contributed by atoms with Crippen molar-refractivity contribution in [1.82, 2.24) is 0 Å². The van der Waals surface area contributed by atoms with Crippen LogP contribution in [-0.2, 0) is 23.2 Å². The molecule has 0 saturated carbocycles. The Kier molecular flexibility index (Phi) is 7.29. The monoisotopic (exact) mass is 624 g/mol. The van der Waals surface area contributed by atoms with Gasteiger partial charge in [-0.2, -0.15) is 0 Å². The number of halogens is 4. The second-order valence-electron chi connectivity index (χ2n) is 8.89. The third-order valence-corrected chi connectivity index (χ3v) is 11.2. The van der Waals surface area contributed by atoms with E-state index in [-0.39, 0.29) is 36.6 Å². The van der Waals surface area contributed by atoms with Crippen LogP contribution in [0.5, 0.6) is 11.5 Å². The van der Waals surface area contributed by atoms with Crippen molar-refractivity contribution in [2.45, 2.75) is 11.8 Å². The van der Waals surface area contributed by atoms with Gasteiger partial charge < -0.3 is 24.8 Å². The van der Waals surface area contributed by atoms with Crippen molar-refractivity contribution in [1.29, 1.82) is 0 Å². The molecule has 0 fully saturated rings. The van der Waals surface area contributed by atoms with Gasteiger partial charge in [0.2, 0.25) is 0 Å². The fourth-order valence-corrected chi connectivity index (χ4v) is 10.2. The summed E-state index contributed by atoms with van der Waals surface area (Å²) in [6.45, 7) is 0. The Morgan fingerprint density at radius 2 is 1.28 bits per heavy atom. The van der Waals surface area contributed by atoms with Crippen molar-refractivity contribution in [3.8, 4) is 11.5 Å². The van der Waals surface area contributed by atoms with Crippen LogP contribution >= 0.6 is 23.2 Å². The Morgan fingerprint density at radius 1 is 0.611 bits per heavy atom. The van der Waals surface area contributed by atoms with E-state index in [0.717, 1.165) is 27.1 Å². The molecule has 4 aromatic carbocycles. The maximum Gasteiger partial charge on any atom is -1.00 e. The molecule has 0 saturated heterocycles. The van der Waals surface area contributed by atoms with Crippen LogP contribution < -0.4 is 29.6 Å². The average molecular weight is 628 g/mol. The first kappa shape index (κ1) is 25.8. The largest absolute Gasteiger partial charge is 1.00 e. The Hall–Kier alpha value is -1.80. The summed E-state index contributed by atoms with van der Waals surface area (Å²) in [6.07, 6.45) is 4.77. The Balaban J connectivity index is 0.00000133. The van der Waals surface area contributed by atoms with Crippen LogP contribution in [0, 0.1) is 0 Å². The summed E-state index contributed by atoms with van der Waals surface area (Å²) in [5.41, 5.74) is 7.41. The molecular weight excluding hydrogens is 609 g/mol. The third-order valence-electron chi connectivity index (χ3n) is 6.95. The molecule has 2 aliphatic heterocycles. The van der Waals surface area contributed by atoms with Crippen LogP contribution in [0.15, 0.2) is 91.5 Å². The van der Waals surface area contributed by atoms with Crippen LogP contribution in [0.3, 0.4) is 0 Å². The molecule has 8 rings (SSSR count). The van der Waals surface area contributed by atoms with Gasteiger partial charge in [-0.05, 0) is 0 Å². The fraction of sp³-hybridized carbons (Fsp3) is 0.0667. The van der Waals surface area contributed by atoms with E-state index in [4.69, 9.17) is 27.9 Å². The van der Waals surface area contributed by atoms with Crippen LogP contribution in [0.2, 0.25) is 10.0 Å². The molecule has 4 aliphatic rings. The van der Waals surface area contributed by atoms with Gasteiger partial charge in [-0.3, -0.25) is 0 Å². The van der Waals surface area contributed by atoms with E-state index in [1.54, 1.807) is 0 Å². The first-order chi connectivity index (χ1) is 16.7. The number of hydrogen-bond donors (Lipinski definition) is 0. The van der Waals surface area contributed by atoms with E-state index in [1.807, 2.05) is 18.2 Å². The predicted molar refractivity (Wildman–Crippen MR) is 136 cm³/mol.